The summed E-state index contributed by atoms with van der Waals surface area (Å²) < 4.78 is 1.92. The number of nitriles is 1. The van der Waals surface area contributed by atoms with E-state index in [1.54, 1.807) is 0 Å². The largest absolute Gasteiger partial charge is 0.368 e. The summed E-state index contributed by atoms with van der Waals surface area (Å²) in [4.78, 5) is 13.2. The first-order valence-corrected chi connectivity index (χ1v) is 7.45. The van der Waals surface area contributed by atoms with Gasteiger partial charge in [0, 0.05) is 23.6 Å². The van der Waals surface area contributed by atoms with Crippen LogP contribution < -0.4 is 5.73 Å². The summed E-state index contributed by atoms with van der Waals surface area (Å²) >= 11 is 0. The molecule has 5 heteroatoms. The number of primary amides is 1. The molecule has 0 fully saturated rings. The molecular weight excluding hydrogens is 276 g/mol. The minimum Gasteiger partial charge on any atom is -0.368 e. The van der Waals surface area contributed by atoms with Gasteiger partial charge in [0.05, 0.1) is 6.04 Å². The van der Waals surface area contributed by atoms with Gasteiger partial charge in [-0.25, -0.2) is 0 Å². The average Bonchev–Trinajstić information content (AvgIpc) is 2.85. The molecule has 1 aromatic heterocycles. The van der Waals surface area contributed by atoms with Crippen molar-refractivity contribution in [2.45, 2.75) is 25.4 Å². The van der Waals surface area contributed by atoms with Crippen molar-refractivity contribution in [1.29, 1.82) is 5.26 Å². The second-order valence-corrected chi connectivity index (χ2v) is 5.91. The molecule has 0 spiro atoms. The zero-order chi connectivity index (χ0) is 15.3. The maximum atomic E-state index is 11.3. The molecule has 0 radical (unpaired) electrons. The van der Waals surface area contributed by atoms with Crippen LogP contribution in [0.25, 0.3) is 16.5 Å². The highest BCUT2D eigenvalue weighted by molar-refractivity contribution is 5.99. The fourth-order valence-electron chi connectivity index (χ4n) is 3.79. The van der Waals surface area contributed by atoms with Crippen LogP contribution in [-0.2, 0) is 17.8 Å². The summed E-state index contributed by atoms with van der Waals surface area (Å²) in [6.07, 6.45) is 8.28. The highest BCUT2D eigenvalue weighted by Crippen LogP contribution is 2.40. The predicted molar refractivity (Wildman–Crippen MR) is 83.5 cm³/mol. The van der Waals surface area contributed by atoms with E-state index in [2.05, 4.69) is 18.3 Å². The average molecular weight is 292 g/mol. The van der Waals surface area contributed by atoms with Gasteiger partial charge in [-0.1, -0.05) is 18.2 Å². The van der Waals surface area contributed by atoms with E-state index in [9.17, 15) is 10.1 Å². The summed E-state index contributed by atoms with van der Waals surface area (Å²) in [7, 11) is 0. The molecule has 1 aliphatic heterocycles. The maximum Gasteiger partial charge on any atom is 0.237 e. The molecule has 0 unspecified atom stereocenters. The summed E-state index contributed by atoms with van der Waals surface area (Å²) in [5.74, 6) is -0.344. The second-order valence-electron chi connectivity index (χ2n) is 5.91. The van der Waals surface area contributed by atoms with Crippen molar-refractivity contribution in [3.05, 3.63) is 41.6 Å². The number of hydrogen-bond acceptors (Lipinski definition) is 3. The number of amides is 1. The van der Waals surface area contributed by atoms with Gasteiger partial charge >= 0.3 is 0 Å². The number of carbonyl (C=O) groups is 1. The van der Waals surface area contributed by atoms with E-state index in [1.807, 2.05) is 27.8 Å². The molecule has 2 heterocycles. The molecule has 0 saturated carbocycles. The highest BCUT2D eigenvalue weighted by Gasteiger charge is 2.32. The lowest BCUT2D eigenvalue weighted by Crippen LogP contribution is -2.38. The molecule has 1 aliphatic carbocycles. The van der Waals surface area contributed by atoms with E-state index in [-0.39, 0.29) is 18.5 Å². The Balaban J connectivity index is 1.93. The first-order chi connectivity index (χ1) is 10.7. The summed E-state index contributed by atoms with van der Waals surface area (Å²) in [6.45, 7) is 0.962. The van der Waals surface area contributed by atoms with Crippen LogP contribution in [0.3, 0.4) is 0 Å². The van der Waals surface area contributed by atoms with Crippen LogP contribution >= 0.6 is 0 Å². The number of aromatic nitrogens is 1. The van der Waals surface area contributed by atoms with Crippen LogP contribution in [0.15, 0.2) is 30.5 Å². The summed E-state index contributed by atoms with van der Waals surface area (Å²) in [5.41, 5.74) is 10.0. The number of nitrogens with zero attached hydrogens (tertiary/aromatic N) is 3. The Hall–Kier alpha value is -2.74. The van der Waals surface area contributed by atoms with Crippen molar-refractivity contribution in [3.8, 4) is 6.19 Å². The van der Waals surface area contributed by atoms with Gasteiger partial charge < -0.3 is 15.2 Å². The van der Waals surface area contributed by atoms with Gasteiger partial charge in [0.15, 0.2) is 6.19 Å². The molecule has 0 bridgehead atoms. The van der Waals surface area contributed by atoms with Crippen LogP contribution in [-0.4, -0.2) is 28.0 Å². The monoisotopic (exact) mass is 292 g/mol. The maximum absolute atomic E-state index is 11.3. The van der Waals surface area contributed by atoms with E-state index in [0.717, 1.165) is 24.9 Å². The smallest absolute Gasteiger partial charge is 0.237 e. The standard InChI is InChI=1S/C17H16N4O/c18-10-20-6-2-4-12-13-3-1-5-14-17(13)11(7-15(12)20)8-21(14)9-16(19)22/h1,3-5,8,15H,2,6-7,9H2,(H2,19,22)/t15-/m1/s1. The number of hydrogen-bond donors (Lipinski definition) is 1. The van der Waals surface area contributed by atoms with Crippen molar-refractivity contribution >= 4 is 22.4 Å². The zero-order valence-electron chi connectivity index (χ0n) is 12.1. The molecule has 1 aromatic carbocycles. The molecule has 2 N–H and O–H groups in total. The van der Waals surface area contributed by atoms with Crippen LogP contribution in [0.4, 0.5) is 0 Å². The molecule has 2 aromatic rings. The van der Waals surface area contributed by atoms with E-state index in [4.69, 9.17) is 5.73 Å². The lowest BCUT2D eigenvalue weighted by molar-refractivity contribution is -0.118. The van der Waals surface area contributed by atoms with Gasteiger partial charge in [0.2, 0.25) is 5.91 Å². The third-order valence-corrected chi connectivity index (χ3v) is 4.63. The lowest BCUT2D eigenvalue weighted by Gasteiger charge is -2.35. The van der Waals surface area contributed by atoms with E-state index in [0.29, 0.717) is 0 Å². The second kappa shape index (κ2) is 4.63. The SMILES string of the molecule is N#CN1CCC=C2c3cccc4c3c(cn4CC(N)=O)C[C@H]21. The third-order valence-electron chi connectivity index (χ3n) is 4.63. The molecule has 0 saturated heterocycles. The van der Waals surface area contributed by atoms with Gasteiger partial charge in [-0.05, 0) is 35.6 Å². The molecule has 22 heavy (non-hydrogen) atoms. The normalized spacial score (nSPS) is 19.5. The number of rotatable bonds is 2. The van der Waals surface area contributed by atoms with Crippen molar-refractivity contribution in [2.24, 2.45) is 5.73 Å². The highest BCUT2D eigenvalue weighted by atomic mass is 16.1. The van der Waals surface area contributed by atoms with Crippen molar-refractivity contribution in [3.63, 3.8) is 0 Å². The molecule has 2 aliphatic rings. The molecule has 4 rings (SSSR count). The van der Waals surface area contributed by atoms with Crippen molar-refractivity contribution < 1.29 is 4.79 Å². The molecule has 1 amide bonds. The van der Waals surface area contributed by atoms with Crippen LogP contribution in [0.5, 0.6) is 0 Å². The minimum absolute atomic E-state index is 0.112. The minimum atomic E-state index is -0.344. The number of nitrogens with two attached hydrogens (primary N) is 1. The Morgan fingerprint density at radius 1 is 1.45 bits per heavy atom. The number of carbonyl (C=O) groups excluding carboxylic acids is 1. The quantitative estimate of drug-likeness (QED) is 0.855. The number of benzene rings is 1. The van der Waals surface area contributed by atoms with Crippen molar-refractivity contribution in [2.75, 3.05) is 6.54 Å². The number of fused-ring (bicyclic) bond motifs is 2. The first kappa shape index (κ1) is 13.0. The Kier molecular flexibility index (Phi) is 2.73. The van der Waals surface area contributed by atoms with Crippen LogP contribution in [0.2, 0.25) is 0 Å². The van der Waals surface area contributed by atoms with Gasteiger partial charge in [-0.15, -0.1) is 0 Å². The summed E-state index contributed by atoms with van der Waals surface area (Å²) in [6, 6.07) is 6.25. The topological polar surface area (TPSA) is 75.1 Å². The molecular formula is C17H16N4O. The molecule has 110 valence electrons. The van der Waals surface area contributed by atoms with E-state index < -0.39 is 0 Å². The fourth-order valence-corrected chi connectivity index (χ4v) is 3.79. The van der Waals surface area contributed by atoms with E-state index >= 15 is 0 Å². The van der Waals surface area contributed by atoms with Gasteiger partial charge in [-0.3, -0.25) is 4.79 Å². The summed E-state index contributed by atoms with van der Waals surface area (Å²) in [5, 5.41) is 10.6. The predicted octanol–water partition coefficient (Wildman–Crippen LogP) is 1.62. The third kappa shape index (κ3) is 1.74. The van der Waals surface area contributed by atoms with Crippen LogP contribution in [0.1, 0.15) is 17.5 Å². The van der Waals surface area contributed by atoms with Gasteiger partial charge in [0.25, 0.3) is 0 Å². The molecule has 5 nitrogen and oxygen atoms in total. The molecule has 1 atom stereocenters. The van der Waals surface area contributed by atoms with Gasteiger partial charge in [0.1, 0.15) is 6.54 Å². The van der Waals surface area contributed by atoms with Crippen molar-refractivity contribution in [1.82, 2.24) is 9.47 Å². The van der Waals surface area contributed by atoms with E-state index in [1.165, 1.54) is 22.1 Å². The Morgan fingerprint density at radius 2 is 2.32 bits per heavy atom. The fraction of sp³-hybridized carbons (Fsp3) is 0.294. The van der Waals surface area contributed by atoms with Gasteiger partial charge in [-0.2, -0.15) is 5.26 Å². The Bertz CT molecular complexity index is 855. The first-order valence-electron chi connectivity index (χ1n) is 7.45. The lowest BCUT2D eigenvalue weighted by atomic mass is 9.82. The Labute approximate surface area is 128 Å². The Morgan fingerprint density at radius 3 is 3.09 bits per heavy atom. The zero-order valence-corrected chi connectivity index (χ0v) is 12.1. The van der Waals surface area contributed by atoms with Crippen LogP contribution in [0, 0.1) is 11.5 Å².